The Labute approximate surface area is 90.7 Å². The van der Waals surface area contributed by atoms with Crippen molar-refractivity contribution in [1.82, 2.24) is 10.2 Å². The predicted molar refractivity (Wildman–Crippen MR) is 61.1 cm³/mol. The van der Waals surface area contributed by atoms with Gasteiger partial charge in [-0.3, -0.25) is 0 Å². The van der Waals surface area contributed by atoms with Crippen molar-refractivity contribution in [1.29, 1.82) is 0 Å². The lowest BCUT2D eigenvalue weighted by atomic mass is 10.1. The van der Waals surface area contributed by atoms with Crippen molar-refractivity contribution in [2.75, 3.05) is 32.7 Å². The van der Waals surface area contributed by atoms with Gasteiger partial charge in [0.2, 0.25) is 0 Å². The van der Waals surface area contributed by atoms with Crippen LogP contribution in [-0.2, 0) is 6.42 Å². The zero-order valence-corrected chi connectivity index (χ0v) is 8.95. The molecule has 0 amide bonds. The molecule has 0 radical (unpaired) electrons. The van der Waals surface area contributed by atoms with Crippen molar-refractivity contribution in [3.05, 3.63) is 29.8 Å². The molecule has 1 aromatic carbocycles. The van der Waals surface area contributed by atoms with Crippen LogP contribution in [-0.4, -0.2) is 42.7 Å². The summed E-state index contributed by atoms with van der Waals surface area (Å²) in [5.74, 6) is 0.424. The molecule has 1 aliphatic rings. The number of phenols is 1. The average Bonchev–Trinajstić information content (AvgIpc) is 2.29. The maximum Gasteiger partial charge on any atom is 0.118 e. The standard InChI is InChI=1S/C12H18N2O/c15-12-4-2-1-3-11(12)5-8-14-9-6-13-7-10-14/h1-4,13,15H,5-10H2. The van der Waals surface area contributed by atoms with Crippen molar-refractivity contribution in [3.63, 3.8) is 0 Å². The number of hydrogen-bond donors (Lipinski definition) is 2. The summed E-state index contributed by atoms with van der Waals surface area (Å²) in [6.45, 7) is 5.45. The van der Waals surface area contributed by atoms with Gasteiger partial charge in [0, 0.05) is 32.7 Å². The summed E-state index contributed by atoms with van der Waals surface area (Å²) in [5, 5.41) is 12.9. The highest BCUT2D eigenvalue weighted by Crippen LogP contribution is 2.16. The van der Waals surface area contributed by atoms with Gasteiger partial charge in [-0.2, -0.15) is 0 Å². The lowest BCUT2D eigenvalue weighted by Crippen LogP contribution is -2.44. The van der Waals surface area contributed by atoms with Crippen molar-refractivity contribution in [2.24, 2.45) is 0 Å². The molecule has 15 heavy (non-hydrogen) atoms. The summed E-state index contributed by atoms with van der Waals surface area (Å²) in [6.07, 6.45) is 0.937. The minimum atomic E-state index is 0.424. The van der Waals surface area contributed by atoms with Crippen molar-refractivity contribution >= 4 is 0 Å². The molecule has 0 aliphatic carbocycles. The summed E-state index contributed by atoms with van der Waals surface area (Å²) in [4.78, 5) is 2.43. The summed E-state index contributed by atoms with van der Waals surface area (Å²) >= 11 is 0. The highest BCUT2D eigenvalue weighted by molar-refractivity contribution is 5.31. The zero-order chi connectivity index (χ0) is 10.5. The third-order valence-corrected chi connectivity index (χ3v) is 2.90. The largest absolute Gasteiger partial charge is 0.508 e. The monoisotopic (exact) mass is 206 g/mol. The molecular weight excluding hydrogens is 188 g/mol. The van der Waals surface area contributed by atoms with E-state index in [2.05, 4.69) is 10.2 Å². The van der Waals surface area contributed by atoms with Gasteiger partial charge in [-0.05, 0) is 18.1 Å². The van der Waals surface area contributed by atoms with Crippen LogP contribution in [0.3, 0.4) is 0 Å². The lowest BCUT2D eigenvalue weighted by molar-refractivity contribution is 0.243. The number of nitrogens with zero attached hydrogens (tertiary/aromatic N) is 1. The van der Waals surface area contributed by atoms with Gasteiger partial charge < -0.3 is 15.3 Å². The molecule has 1 heterocycles. The van der Waals surface area contributed by atoms with Gasteiger partial charge in [0.15, 0.2) is 0 Å². The number of benzene rings is 1. The molecule has 0 spiro atoms. The van der Waals surface area contributed by atoms with E-state index in [1.807, 2.05) is 18.2 Å². The number of piperazine rings is 1. The lowest BCUT2D eigenvalue weighted by Gasteiger charge is -2.27. The molecule has 3 heteroatoms. The molecule has 0 bridgehead atoms. The molecule has 1 fully saturated rings. The van der Waals surface area contributed by atoms with Crippen molar-refractivity contribution in [3.8, 4) is 5.75 Å². The van der Waals surface area contributed by atoms with Crippen LogP contribution in [0, 0.1) is 0 Å². The van der Waals surface area contributed by atoms with E-state index in [-0.39, 0.29) is 0 Å². The fourth-order valence-electron chi connectivity index (χ4n) is 1.94. The van der Waals surface area contributed by atoms with E-state index in [1.54, 1.807) is 6.07 Å². The molecule has 2 N–H and O–H groups in total. The van der Waals surface area contributed by atoms with E-state index < -0.39 is 0 Å². The fraction of sp³-hybridized carbons (Fsp3) is 0.500. The summed E-state index contributed by atoms with van der Waals surface area (Å²) in [6, 6.07) is 7.60. The van der Waals surface area contributed by atoms with Crippen LogP contribution in [0.5, 0.6) is 5.75 Å². The Hall–Kier alpha value is -1.06. The second kappa shape index (κ2) is 5.14. The Balaban J connectivity index is 1.84. The highest BCUT2D eigenvalue weighted by atomic mass is 16.3. The predicted octanol–water partition coefficient (Wildman–Crippen LogP) is 0.840. The second-order valence-corrected chi connectivity index (χ2v) is 3.97. The molecule has 82 valence electrons. The number of para-hydroxylation sites is 1. The Morgan fingerprint density at radius 3 is 2.67 bits per heavy atom. The highest BCUT2D eigenvalue weighted by Gasteiger charge is 2.09. The molecular formula is C12H18N2O. The maximum atomic E-state index is 9.61. The third kappa shape index (κ3) is 2.94. The first-order chi connectivity index (χ1) is 7.36. The molecule has 3 nitrogen and oxygen atoms in total. The molecule has 0 aromatic heterocycles. The first kappa shape index (κ1) is 10.5. The number of hydrogen-bond acceptors (Lipinski definition) is 3. The van der Waals surface area contributed by atoms with Crippen LogP contribution >= 0.6 is 0 Å². The number of phenolic OH excluding ortho intramolecular Hbond substituents is 1. The van der Waals surface area contributed by atoms with Crippen molar-refractivity contribution in [2.45, 2.75) is 6.42 Å². The van der Waals surface area contributed by atoms with Gasteiger partial charge in [0.25, 0.3) is 0 Å². The molecule has 2 rings (SSSR count). The van der Waals surface area contributed by atoms with E-state index in [1.165, 1.54) is 0 Å². The normalized spacial score (nSPS) is 17.9. The Morgan fingerprint density at radius 2 is 1.93 bits per heavy atom. The molecule has 1 aliphatic heterocycles. The smallest absolute Gasteiger partial charge is 0.118 e. The number of rotatable bonds is 3. The zero-order valence-electron chi connectivity index (χ0n) is 8.95. The number of nitrogens with one attached hydrogen (secondary N) is 1. The molecule has 0 saturated carbocycles. The molecule has 1 aromatic rings. The van der Waals surface area contributed by atoms with Crippen LogP contribution in [0.15, 0.2) is 24.3 Å². The summed E-state index contributed by atoms with van der Waals surface area (Å²) in [5.41, 5.74) is 1.05. The van der Waals surface area contributed by atoms with E-state index in [0.29, 0.717) is 5.75 Å². The van der Waals surface area contributed by atoms with Crippen LogP contribution < -0.4 is 5.32 Å². The molecule has 0 atom stereocenters. The van der Waals surface area contributed by atoms with Crippen LogP contribution in [0.2, 0.25) is 0 Å². The molecule has 0 unspecified atom stereocenters. The van der Waals surface area contributed by atoms with Gasteiger partial charge in [0.05, 0.1) is 0 Å². The van der Waals surface area contributed by atoms with E-state index in [9.17, 15) is 5.11 Å². The second-order valence-electron chi connectivity index (χ2n) is 3.97. The molecule has 1 saturated heterocycles. The van der Waals surface area contributed by atoms with Crippen LogP contribution in [0.25, 0.3) is 0 Å². The van der Waals surface area contributed by atoms with Gasteiger partial charge in [-0.15, -0.1) is 0 Å². The minimum absolute atomic E-state index is 0.424. The topological polar surface area (TPSA) is 35.5 Å². The third-order valence-electron chi connectivity index (χ3n) is 2.90. The van der Waals surface area contributed by atoms with Gasteiger partial charge in [-0.25, -0.2) is 0 Å². The summed E-state index contributed by atoms with van der Waals surface area (Å²) < 4.78 is 0. The SMILES string of the molecule is Oc1ccccc1CCN1CCNCC1. The van der Waals surface area contributed by atoms with Gasteiger partial charge >= 0.3 is 0 Å². The average molecular weight is 206 g/mol. The van der Waals surface area contributed by atoms with E-state index in [4.69, 9.17) is 0 Å². The van der Waals surface area contributed by atoms with Crippen LogP contribution in [0.4, 0.5) is 0 Å². The summed E-state index contributed by atoms with van der Waals surface area (Å²) in [7, 11) is 0. The first-order valence-electron chi connectivity index (χ1n) is 5.56. The Kier molecular flexibility index (Phi) is 3.59. The maximum absolute atomic E-state index is 9.61. The quantitative estimate of drug-likeness (QED) is 0.769. The van der Waals surface area contributed by atoms with E-state index >= 15 is 0 Å². The first-order valence-corrected chi connectivity index (χ1v) is 5.56. The minimum Gasteiger partial charge on any atom is -0.508 e. The Bertz CT molecular complexity index is 308. The van der Waals surface area contributed by atoms with Crippen molar-refractivity contribution < 1.29 is 5.11 Å². The van der Waals surface area contributed by atoms with Gasteiger partial charge in [-0.1, -0.05) is 18.2 Å². The fourth-order valence-corrected chi connectivity index (χ4v) is 1.94. The van der Waals surface area contributed by atoms with Crippen LogP contribution in [0.1, 0.15) is 5.56 Å². The Morgan fingerprint density at radius 1 is 1.20 bits per heavy atom. The number of aromatic hydroxyl groups is 1. The van der Waals surface area contributed by atoms with Gasteiger partial charge in [0.1, 0.15) is 5.75 Å². The van der Waals surface area contributed by atoms with E-state index in [0.717, 1.165) is 44.7 Å².